The molecule has 0 saturated carbocycles. The van der Waals surface area contributed by atoms with Crippen LogP contribution in [0, 0.1) is 56.2 Å². The van der Waals surface area contributed by atoms with Gasteiger partial charge in [-0.2, -0.15) is 15.8 Å². The molecule has 4 atom stereocenters. The summed E-state index contributed by atoms with van der Waals surface area (Å²) in [6, 6.07) is 17.5. The van der Waals surface area contributed by atoms with Crippen molar-refractivity contribution in [3.63, 3.8) is 0 Å². The van der Waals surface area contributed by atoms with Crippen LogP contribution < -0.4 is 4.74 Å². The number of benzene rings is 2. The molecular weight excluding hydrogens is 463 g/mol. The number of ether oxygens (including phenoxy) is 3. The fourth-order valence-electron chi connectivity index (χ4n) is 4.82. The Kier molecular flexibility index (Phi) is 5.51. The van der Waals surface area contributed by atoms with Crippen LogP contribution in [0.3, 0.4) is 0 Å². The Morgan fingerprint density at radius 3 is 2.27 bits per heavy atom. The Morgan fingerprint density at radius 2 is 1.73 bits per heavy atom. The van der Waals surface area contributed by atoms with Crippen molar-refractivity contribution in [1.82, 2.24) is 0 Å². The molecule has 0 aromatic heterocycles. The van der Waals surface area contributed by atoms with Crippen molar-refractivity contribution < 1.29 is 14.2 Å². The maximum absolute atomic E-state index is 10.4. The third kappa shape index (κ3) is 2.86. The van der Waals surface area contributed by atoms with Crippen LogP contribution in [0.15, 0.2) is 42.5 Å². The van der Waals surface area contributed by atoms with Crippen molar-refractivity contribution in [3.05, 3.63) is 63.6 Å². The first-order chi connectivity index (χ1) is 15.8. The predicted octanol–water partition coefficient (Wildman–Crippen LogP) is 5.50. The summed E-state index contributed by atoms with van der Waals surface area (Å²) in [6.45, 7) is 3.94. The second-order valence-corrected chi connectivity index (χ2v) is 8.74. The molecule has 2 bridgehead atoms. The highest BCUT2D eigenvalue weighted by Gasteiger charge is 2.80. The number of nitrogens with zero attached hydrogens (tertiary/aromatic N) is 3. The van der Waals surface area contributed by atoms with Crippen molar-refractivity contribution in [2.45, 2.75) is 25.7 Å². The van der Waals surface area contributed by atoms with E-state index in [1.807, 2.05) is 19.1 Å². The van der Waals surface area contributed by atoms with E-state index < -0.39 is 34.5 Å². The molecule has 2 heterocycles. The number of nitrogens with one attached hydrogen (secondary N) is 1. The molecule has 0 aliphatic carbocycles. The van der Waals surface area contributed by atoms with Crippen molar-refractivity contribution in [2.24, 2.45) is 16.7 Å². The van der Waals surface area contributed by atoms with Crippen LogP contribution in [-0.4, -0.2) is 12.5 Å². The molecule has 2 aliphatic heterocycles. The number of fused-ring (bicyclic) bond motifs is 2. The zero-order valence-electron chi connectivity index (χ0n) is 17.7. The zero-order chi connectivity index (χ0) is 24.0. The Morgan fingerprint density at radius 1 is 1.06 bits per heavy atom. The molecule has 4 unspecified atom stereocenters. The predicted molar refractivity (Wildman–Crippen MR) is 119 cm³/mol. The van der Waals surface area contributed by atoms with E-state index >= 15 is 0 Å². The number of hydrogen-bond acceptors (Lipinski definition) is 7. The molecule has 0 amide bonds. The highest BCUT2D eigenvalue weighted by molar-refractivity contribution is 6.35. The quantitative estimate of drug-likeness (QED) is 0.615. The van der Waals surface area contributed by atoms with Gasteiger partial charge in [-0.05, 0) is 42.8 Å². The lowest BCUT2D eigenvalue weighted by atomic mass is 9.53. The SMILES string of the molecule is CCOc1ccc(C2OC3(c4ccc(Cl)cc4Cl)OC(=N)C(C#N)(C3C)C2(C#N)C#N)cc1. The fraction of sp³-hybridized carbons (Fsp3) is 0.333. The molecule has 9 heteroatoms. The van der Waals surface area contributed by atoms with Gasteiger partial charge in [0.25, 0.3) is 0 Å². The second kappa shape index (κ2) is 7.94. The first-order valence-corrected chi connectivity index (χ1v) is 10.9. The zero-order valence-corrected chi connectivity index (χ0v) is 19.2. The topological polar surface area (TPSA) is 123 Å². The van der Waals surface area contributed by atoms with Crippen LogP contribution >= 0.6 is 23.2 Å². The van der Waals surface area contributed by atoms with E-state index in [1.165, 1.54) is 6.07 Å². The summed E-state index contributed by atoms with van der Waals surface area (Å²) in [4.78, 5) is 0. The number of halogens is 2. The highest BCUT2D eigenvalue weighted by atomic mass is 35.5. The molecule has 2 aliphatic rings. The maximum Gasteiger partial charge on any atom is 0.245 e. The Labute approximate surface area is 201 Å². The van der Waals surface area contributed by atoms with Gasteiger partial charge in [-0.1, -0.05) is 42.3 Å². The molecule has 33 heavy (non-hydrogen) atoms. The van der Waals surface area contributed by atoms with E-state index in [1.54, 1.807) is 43.3 Å². The smallest absolute Gasteiger partial charge is 0.245 e. The molecule has 0 spiro atoms. The molecule has 7 nitrogen and oxygen atoms in total. The Balaban J connectivity index is 1.99. The Bertz CT molecular complexity index is 1250. The summed E-state index contributed by atoms with van der Waals surface area (Å²) in [5.41, 5.74) is -3.17. The standard InChI is InChI=1S/C24H18Cl2N4O3/c1-3-31-17-7-4-15(5-8-17)20-22(11-27,12-28)23(13-29)14(2)24(32-20,33-21(23)30)18-9-6-16(25)10-19(18)26/h4-10,14,20,30H,3H2,1-2H3. The minimum atomic E-state index is -2.07. The van der Waals surface area contributed by atoms with Crippen molar-refractivity contribution >= 4 is 29.1 Å². The van der Waals surface area contributed by atoms with Crippen LogP contribution in [0.1, 0.15) is 31.1 Å². The second-order valence-electron chi connectivity index (χ2n) is 7.90. The molecular formula is C24H18Cl2N4O3. The largest absolute Gasteiger partial charge is 0.494 e. The van der Waals surface area contributed by atoms with Gasteiger partial charge in [0.2, 0.25) is 17.1 Å². The lowest BCUT2D eigenvalue weighted by Gasteiger charge is -2.49. The monoisotopic (exact) mass is 480 g/mol. The first-order valence-electron chi connectivity index (χ1n) is 10.1. The maximum atomic E-state index is 10.4. The van der Waals surface area contributed by atoms with Gasteiger partial charge in [0.05, 0.1) is 35.8 Å². The summed E-state index contributed by atoms with van der Waals surface area (Å²) in [5.74, 6) is -2.52. The van der Waals surface area contributed by atoms with Crippen LogP contribution in [0.25, 0.3) is 0 Å². The molecule has 2 fully saturated rings. The van der Waals surface area contributed by atoms with E-state index in [2.05, 4.69) is 6.07 Å². The van der Waals surface area contributed by atoms with Crippen molar-refractivity contribution in [1.29, 1.82) is 21.2 Å². The van der Waals surface area contributed by atoms with Gasteiger partial charge in [0.1, 0.15) is 11.9 Å². The van der Waals surface area contributed by atoms with E-state index in [0.29, 0.717) is 28.5 Å². The van der Waals surface area contributed by atoms with E-state index in [0.717, 1.165) is 0 Å². The summed E-state index contributed by atoms with van der Waals surface area (Å²) in [5, 5.41) is 40.2. The van der Waals surface area contributed by atoms with E-state index in [-0.39, 0.29) is 5.02 Å². The number of nitriles is 3. The van der Waals surface area contributed by atoms with Crippen LogP contribution in [-0.2, 0) is 15.3 Å². The summed E-state index contributed by atoms with van der Waals surface area (Å²) < 4.78 is 17.9. The lowest BCUT2D eigenvalue weighted by molar-refractivity contribution is -0.288. The van der Waals surface area contributed by atoms with Gasteiger partial charge in [0.15, 0.2) is 5.41 Å². The van der Waals surface area contributed by atoms with E-state index in [9.17, 15) is 15.8 Å². The molecule has 2 saturated heterocycles. The Hall–Kier alpha value is -3.28. The first kappa shape index (κ1) is 22.9. The molecule has 166 valence electrons. The number of rotatable bonds is 4. The molecule has 2 aromatic carbocycles. The van der Waals surface area contributed by atoms with Crippen molar-refractivity contribution in [2.75, 3.05) is 6.61 Å². The average molecular weight is 481 g/mol. The highest BCUT2D eigenvalue weighted by Crippen LogP contribution is 2.69. The van der Waals surface area contributed by atoms with Crippen LogP contribution in [0.2, 0.25) is 10.0 Å². The van der Waals surface area contributed by atoms with Crippen molar-refractivity contribution in [3.8, 4) is 24.0 Å². The third-order valence-electron chi connectivity index (χ3n) is 6.47. The summed E-state index contributed by atoms with van der Waals surface area (Å²) >= 11 is 12.6. The fourth-order valence-corrected chi connectivity index (χ4v) is 5.36. The van der Waals surface area contributed by atoms with Gasteiger partial charge < -0.3 is 14.2 Å². The molecule has 0 radical (unpaired) electrons. The lowest BCUT2D eigenvalue weighted by Crippen LogP contribution is -2.57. The van der Waals surface area contributed by atoms with E-state index in [4.69, 9.17) is 42.8 Å². The minimum absolute atomic E-state index is 0.211. The third-order valence-corrected chi connectivity index (χ3v) is 7.02. The molecule has 4 rings (SSSR count). The minimum Gasteiger partial charge on any atom is -0.494 e. The molecule has 1 N–H and O–H groups in total. The van der Waals surface area contributed by atoms with Crippen LogP contribution in [0.5, 0.6) is 5.75 Å². The average Bonchev–Trinajstić information content (AvgIpc) is 2.96. The summed E-state index contributed by atoms with van der Waals surface area (Å²) in [6.07, 6.45) is -1.23. The summed E-state index contributed by atoms with van der Waals surface area (Å²) in [7, 11) is 0. The van der Waals surface area contributed by atoms with Gasteiger partial charge >= 0.3 is 0 Å². The van der Waals surface area contributed by atoms with Gasteiger partial charge in [-0.25, -0.2) is 0 Å². The van der Waals surface area contributed by atoms with Gasteiger partial charge in [-0.15, -0.1) is 0 Å². The number of hydrogen-bond donors (Lipinski definition) is 1. The van der Waals surface area contributed by atoms with Gasteiger partial charge in [-0.3, -0.25) is 5.41 Å². The molecule has 2 aromatic rings. The van der Waals surface area contributed by atoms with Crippen LogP contribution in [0.4, 0.5) is 0 Å². The van der Waals surface area contributed by atoms with Gasteiger partial charge in [0, 0.05) is 10.6 Å². The normalized spacial score (nSPS) is 29.3.